The fraction of sp³-hybridized carbons (Fsp3) is 0.174. The highest BCUT2D eigenvalue weighted by Crippen LogP contribution is 2.23. The lowest BCUT2D eigenvalue weighted by molar-refractivity contribution is -0.116. The average Bonchev–Trinajstić information content (AvgIpc) is 2.72. The number of nitrogens with one attached hydrogen (secondary N) is 1. The molecule has 6 heteroatoms. The predicted molar refractivity (Wildman–Crippen MR) is 117 cm³/mol. The Bertz CT molecular complexity index is 1100. The maximum Gasteiger partial charge on any atom is 0.264 e. The largest absolute Gasteiger partial charge is 0.326 e. The van der Waals surface area contributed by atoms with Crippen LogP contribution in [0.25, 0.3) is 0 Å². The lowest BCUT2D eigenvalue weighted by Gasteiger charge is -2.19. The predicted octanol–water partition coefficient (Wildman–Crippen LogP) is 4.39. The van der Waals surface area contributed by atoms with Gasteiger partial charge in [0.05, 0.1) is 10.6 Å². The van der Waals surface area contributed by atoms with Crippen LogP contribution in [0.3, 0.4) is 0 Å². The van der Waals surface area contributed by atoms with Gasteiger partial charge in [0.25, 0.3) is 10.0 Å². The van der Waals surface area contributed by atoms with Crippen molar-refractivity contribution in [1.29, 1.82) is 0 Å². The Kier molecular flexibility index (Phi) is 6.34. The van der Waals surface area contributed by atoms with Crippen molar-refractivity contribution in [2.24, 2.45) is 0 Å². The molecule has 0 radical (unpaired) electrons. The van der Waals surface area contributed by atoms with Crippen LogP contribution in [0.5, 0.6) is 0 Å². The van der Waals surface area contributed by atoms with Crippen molar-refractivity contribution in [3.05, 3.63) is 90.0 Å². The molecule has 0 bridgehead atoms. The number of rotatable bonds is 7. The molecule has 3 aromatic carbocycles. The molecule has 0 unspecified atom stereocenters. The lowest BCUT2D eigenvalue weighted by Crippen LogP contribution is -2.26. The Hall–Kier alpha value is -3.12. The summed E-state index contributed by atoms with van der Waals surface area (Å²) in [4.78, 5) is 12.4. The van der Waals surface area contributed by atoms with Gasteiger partial charge in [0.15, 0.2) is 0 Å². The first kappa shape index (κ1) is 20.6. The normalized spacial score (nSPS) is 11.1. The molecule has 0 aliphatic rings. The van der Waals surface area contributed by atoms with Crippen LogP contribution in [-0.2, 0) is 21.2 Å². The van der Waals surface area contributed by atoms with E-state index in [1.165, 1.54) is 23.5 Å². The summed E-state index contributed by atoms with van der Waals surface area (Å²) >= 11 is 0. The maximum atomic E-state index is 12.9. The Morgan fingerprint density at radius 2 is 1.66 bits per heavy atom. The first-order valence-electron chi connectivity index (χ1n) is 9.36. The molecular weight excluding hydrogens is 384 g/mol. The first-order valence-corrected chi connectivity index (χ1v) is 10.8. The highest BCUT2D eigenvalue weighted by Gasteiger charge is 2.21. The molecule has 0 spiro atoms. The molecule has 3 aromatic rings. The molecule has 0 saturated carbocycles. The summed E-state index contributed by atoms with van der Waals surface area (Å²) in [7, 11) is -2.22. The fourth-order valence-electron chi connectivity index (χ4n) is 3.02. The molecule has 1 N–H and O–H groups in total. The quantitative estimate of drug-likeness (QED) is 0.630. The van der Waals surface area contributed by atoms with E-state index >= 15 is 0 Å². The first-order chi connectivity index (χ1) is 13.9. The molecule has 5 nitrogen and oxygen atoms in total. The average molecular weight is 409 g/mol. The van der Waals surface area contributed by atoms with Gasteiger partial charge in [-0.05, 0) is 49.2 Å². The number of carbonyl (C=O) groups is 1. The Morgan fingerprint density at radius 3 is 2.38 bits per heavy atom. The monoisotopic (exact) mass is 408 g/mol. The van der Waals surface area contributed by atoms with Gasteiger partial charge in [0.2, 0.25) is 5.91 Å². The van der Waals surface area contributed by atoms with Crippen molar-refractivity contribution in [3.8, 4) is 0 Å². The molecule has 1 amide bonds. The maximum absolute atomic E-state index is 12.9. The van der Waals surface area contributed by atoms with Crippen molar-refractivity contribution in [2.45, 2.75) is 24.7 Å². The van der Waals surface area contributed by atoms with Gasteiger partial charge < -0.3 is 5.32 Å². The van der Waals surface area contributed by atoms with Gasteiger partial charge in [0, 0.05) is 19.2 Å². The van der Waals surface area contributed by atoms with Gasteiger partial charge in [-0.2, -0.15) is 0 Å². The molecule has 29 heavy (non-hydrogen) atoms. The number of para-hydroxylation sites is 1. The number of hydrogen-bond acceptors (Lipinski definition) is 3. The Morgan fingerprint density at radius 1 is 0.931 bits per heavy atom. The molecular formula is C23H24N2O3S. The second-order valence-electron chi connectivity index (χ2n) is 6.87. The van der Waals surface area contributed by atoms with E-state index in [0.717, 1.165) is 11.1 Å². The van der Waals surface area contributed by atoms with E-state index in [4.69, 9.17) is 0 Å². The second kappa shape index (κ2) is 8.92. The van der Waals surface area contributed by atoms with Gasteiger partial charge in [-0.3, -0.25) is 9.10 Å². The minimum atomic E-state index is -3.73. The molecule has 0 aliphatic heterocycles. The zero-order valence-electron chi connectivity index (χ0n) is 16.5. The summed E-state index contributed by atoms with van der Waals surface area (Å²) in [5.41, 5.74) is 3.28. The van der Waals surface area contributed by atoms with Crippen molar-refractivity contribution in [2.75, 3.05) is 16.7 Å². The van der Waals surface area contributed by atoms with E-state index < -0.39 is 10.0 Å². The van der Waals surface area contributed by atoms with Crippen molar-refractivity contribution < 1.29 is 13.2 Å². The van der Waals surface area contributed by atoms with Crippen LogP contribution in [0.2, 0.25) is 0 Å². The van der Waals surface area contributed by atoms with E-state index in [1.54, 1.807) is 36.4 Å². The molecule has 150 valence electrons. The zero-order chi connectivity index (χ0) is 20.9. The SMILES string of the molecule is Cc1cccc(CCC(=O)Nc2cccc(S(=O)(=O)N(C)c3ccccc3)c2)c1. The second-order valence-corrected chi connectivity index (χ2v) is 8.84. The molecule has 0 fully saturated rings. The number of aryl methyl sites for hydroxylation is 2. The zero-order valence-corrected chi connectivity index (χ0v) is 17.3. The van der Waals surface area contributed by atoms with E-state index in [1.807, 2.05) is 31.2 Å². The van der Waals surface area contributed by atoms with E-state index in [2.05, 4.69) is 11.4 Å². The van der Waals surface area contributed by atoms with E-state index in [9.17, 15) is 13.2 Å². The smallest absolute Gasteiger partial charge is 0.264 e. The minimum absolute atomic E-state index is 0.125. The van der Waals surface area contributed by atoms with Crippen LogP contribution in [0.1, 0.15) is 17.5 Å². The van der Waals surface area contributed by atoms with Crippen molar-refractivity contribution >= 4 is 27.3 Å². The molecule has 0 saturated heterocycles. The van der Waals surface area contributed by atoms with Crippen LogP contribution < -0.4 is 9.62 Å². The van der Waals surface area contributed by atoms with Crippen molar-refractivity contribution in [1.82, 2.24) is 0 Å². The number of amides is 1. The van der Waals surface area contributed by atoms with Gasteiger partial charge in [0.1, 0.15) is 0 Å². The summed E-state index contributed by atoms with van der Waals surface area (Å²) in [6.07, 6.45) is 0.951. The van der Waals surface area contributed by atoms with Crippen LogP contribution in [-0.4, -0.2) is 21.4 Å². The van der Waals surface area contributed by atoms with Gasteiger partial charge in [-0.15, -0.1) is 0 Å². The number of benzene rings is 3. The molecule has 0 aromatic heterocycles. The third-order valence-electron chi connectivity index (χ3n) is 4.62. The topological polar surface area (TPSA) is 66.5 Å². The van der Waals surface area contributed by atoms with Crippen LogP contribution in [0.15, 0.2) is 83.8 Å². The molecule has 3 rings (SSSR count). The lowest BCUT2D eigenvalue weighted by atomic mass is 10.1. The molecule has 0 heterocycles. The summed E-state index contributed by atoms with van der Waals surface area (Å²) in [5, 5.41) is 2.80. The fourth-order valence-corrected chi connectivity index (χ4v) is 4.26. The van der Waals surface area contributed by atoms with Gasteiger partial charge in [-0.1, -0.05) is 54.1 Å². The standard InChI is InChI=1S/C23H24N2O3S/c1-18-8-6-9-19(16-18)14-15-23(26)24-20-10-7-13-22(17-20)29(27,28)25(2)21-11-4-3-5-12-21/h3-13,16-17H,14-15H2,1-2H3,(H,24,26). The number of sulfonamides is 1. The Balaban J connectivity index is 1.69. The number of anilines is 2. The highest BCUT2D eigenvalue weighted by molar-refractivity contribution is 7.92. The number of hydrogen-bond donors (Lipinski definition) is 1. The summed E-state index contributed by atoms with van der Waals surface area (Å²) in [6, 6.07) is 23.2. The van der Waals surface area contributed by atoms with E-state index in [-0.39, 0.29) is 10.8 Å². The van der Waals surface area contributed by atoms with Gasteiger partial charge >= 0.3 is 0 Å². The number of nitrogens with zero attached hydrogens (tertiary/aromatic N) is 1. The summed E-state index contributed by atoms with van der Waals surface area (Å²) in [6.45, 7) is 2.02. The van der Waals surface area contributed by atoms with E-state index in [0.29, 0.717) is 24.2 Å². The van der Waals surface area contributed by atoms with Crippen molar-refractivity contribution in [3.63, 3.8) is 0 Å². The third kappa shape index (κ3) is 5.23. The highest BCUT2D eigenvalue weighted by atomic mass is 32.2. The van der Waals surface area contributed by atoms with Crippen LogP contribution in [0.4, 0.5) is 11.4 Å². The third-order valence-corrected chi connectivity index (χ3v) is 6.40. The number of carbonyl (C=O) groups excluding carboxylic acids is 1. The summed E-state index contributed by atoms with van der Waals surface area (Å²) < 4.78 is 27.1. The molecule has 0 aliphatic carbocycles. The molecule has 0 atom stereocenters. The minimum Gasteiger partial charge on any atom is -0.326 e. The Labute approximate surface area is 172 Å². The van der Waals surface area contributed by atoms with Crippen LogP contribution in [0, 0.1) is 6.92 Å². The van der Waals surface area contributed by atoms with Crippen LogP contribution >= 0.6 is 0 Å². The van der Waals surface area contributed by atoms with Gasteiger partial charge in [-0.25, -0.2) is 8.42 Å². The summed E-state index contributed by atoms with van der Waals surface area (Å²) in [5.74, 6) is -0.155.